The van der Waals surface area contributed by atoms with Crippen LogP contribution in [0.2, 0.25) is 5.02 Å². The average Bonchev–Trinajstić information content (AvgIpc) is 3.65. The highest BCUT2D eigenvalue weighted by Gasteiger charge is 2.52. The number of carbonyl (C=O) groups is 1. The molecule has 0 atom stereocenters. The zero-order valence-corrected chi connectivity index (χ0v) is 22.9. The Morgan fingerprint density at radius 2 is 1.68 bits per heavy atom. The maximum Gasteiger partial charge on any atom is 0.316 e. The van der Waals surface area contributed by atoms with Gasteiger partial charge in [0.25, 0.3) is 0 Å². The summed E-state index contributed by atoms with van der Waals surface area (Å²) < 4.78 is 11.1. The molecule has 0 amide bonds. The van der Waals surface area contributed by atoms with Crippen molar-refractivity contribution in [2.24, 2.45) is 0 Å². The van der Waals surface area contributed by atoms with Crippen molar-refractivity contribution in [3.63, 3.8) is 0 Å². The molecule has 0 saturated heterocycles. The van der Waals surface area contributed by atoms with Crippen LogP contribution in [-0.2, 0) is 21.4 Å². The first-order chi connectivity index (χ1) is 18.4. The summed E-state index contributed by atoms with van der Waals surface area (Å²) >= 11 is 6.13. The highest BCUT2D eigenvalue weighted by Crippen LogP contribution is 2.49. The number of benzene rings is 3. The Balaban J connectivity index is 1.27. The lowest BCUT2D eigenvalue weighted by Crippen LogP contribution is -2.23. The van der Waals surface area contributed by atoms with Crippen molar-refractivity contribution < 1.29 is 14.1 Å². The lowest BCUT2D eigenvalue weighted by atomic mass is 9.93. The summed E-state index contributed by atoms with van der Waals surface area (Å²) in [4.78, 5) is 14.6. The number of rotatable bonds is 10. The van der Waals surface area contributed by atoms with E-state index in [0.29, 0.717) is 6.61 Å². The molecule has 4 aromatic rings. The number of aryl methyl sites for hydroxylation is 2. The van der Waals surface area contributed by atoms with Crippen molar-refractivity contribution in [1.82, 2.24) is 5.16 Å². The van der Waals surface area contributed by atoms with Gasteiger partial charge in [-0.05, 0) is 73.9 Å². The molecule has 0 aliphatic heterocycles. The number of anilines is 1. The molecule has 38 heavy (non-hydrogen) atoms. The van der Waals surface area contributed by atoms with Gasteiger partial charge in [0.15, 0.2) is 5.76 Å². The van der Waals surface area contributed by atoms with Crippen molar-refractivity contribution >= 4 is 23.3 Å². The van der Waals surface area contributed by atoms with Gasteiger partial charge in [-0.2, -0.15) is 0 Å². The molecule has 6 heteroatoms. The van der Waals surface area contributed by atoms with E-state index in [9.17, 15) is 4.79 Å². The molecular formula is C32H33ClN2O3. The fourth-order valence-corrected chi connectivity index (χ4v) is 5.34. The topological polar surface area (TPSA) is 55.6 Å². The van der Waals surface area contributed by atoms with Crippen molar-refractivity contribution in [1.29, 1.82) is 0 Å². The quantitative estimate of drug-likeness (QED) is 0.198. The van der Waals surface area contributed by atoms with Gasteiger partial charge in [-0.15, -0.1) is 0 Å². The highest BCUT2D eigenvalue weighted by molar-refractivity contribution is 6.30. The van der Waals surface area contributed by atoms with Gasteiger partial charge in [-0.1, -0.05) is 77.4 Å². The monoisotopic (exact) mass is 528 g/mol. The highest BCUT2D eigenvalue weighted by atomic mass is 35.5. The van der Waals surface area contributed by atoms with Crippen LogP contribution in [0, 0.1) is 6.92 Å². The van der Waals surface area contributed by atoms with Gasteiger partial charge in [0, 0.05) is 24.2 Å². The van der Waals surface area contributed by atoms with E-state index in [0.717, 1.165) is 76.6 Å². The summed E-state index contributed by atoms with van der Waals surface area (Å²) in [5.41, 5.74) is 6.92. The number of hydrogen-bond acceptors (Lipinski definition) is 5. The molecule has 1 aromatic heterocycles. The average molecular weight is 529 g/mol. The SMILES string of the molecule is CCOC(=O)C1(c2ccc(-c3ccc(-c4onc(C)c4N(C)CCCc4cccc(Cl)c4)cc3)cc2)CC1. The summed E-state index contributed by atoms with van der Waals surface area (Å²) in [6, 6.07) is 24.7. The van der Waals surface area contributed by atoms with Crippen molar-refractivity contribution in [3.8, 4) is 22.5 Å². The Bertz CT molecular complexity index is 1410. The van der Waals surface area contributed by atoms with Gasteiger partial charge in [0.05, 0.1) is 12.0 Å². The second-order valence-electron chi connectivity index (χ2n) is 10.1. The van der Waals surface area contributed by atoms with Crippen molar-refractivity contribution in [2.45, 2.75) is 44.9 Å². The Labute approximate surface area is 229 Å². The van der Waals surface area contributed by atoms with Crippen LogP contribution < -0.4 is 4.90 Å². The van der Waals surface area contributed by atoms with E-state index in [-0.39, 0.29) is 5.97 Å². The maximum atomic E-state index is 12.4. The molecule has 1 heterocycles. The van der Waals surface area contributed by atoms with Gasteiger partial charge in [-0.3, -0.25) is 4.79 Å². The molecular weight excluding hydrogens is 496 g/mol. The van der Waals surface area contributed by atoms with Gasteiger partial charge in [0.2, 0.25) is 0 Å². The zero-order valence-electron chi connectivity index (χ0n) is 22.2. The van der Waals surface area contributed by atoms with Crippen molar-refractivity contribution in [3.05, 3.63) is 94.6 Å². The second-order valence-corrected chi connectivity index (χ2v) is 10.5. The fraction of sp³-hybridized carbons (Fsp3) is 0.312. The first-order valence-corrected chi connectivity index (χ1v) is 13.6. The predicted molar refractivity (Wildman–Crippen MR) is 153 cm³/mol. The number of halogens is 1. The number of aromatic nitrogens is 1. The van der Waals surface area contributed by atoms with Crippen molar-refractivity contribution in [2.75, 3.05) is 25.1 Å². The Morgan fingerprint density at radius 1 is 1.03 bits per heavy atom. The molecule has 0 N–H and O–H groups in total. The van der Waals surface area contributed by atoms with Crippen LogP contribution in [0.3, 0.4) is 0 Å². The molecule has 0 bridgehead atoms. The molecule has 0 unspecified atom stereocenters. The van der Waals surface area contributed by atoms with Crippen LogP contribution in [0.4, 0.5) is 5.69 Å². The number of hydrogen-bond donors (Lipinski definition) is 0. The van der Waals surface area contributed by atoms with Crippen LogP contribution in [0.25, 0.3) is 22.5 Å². The van der Waals surface area contributed by atoms with E-state index in [1.807, 2.05) is 32.0 Å². The molecule has 5 rings (SSSR count). The van der Waals surface area contributed by atoms with E-state index in [1.54, 1.807) is 0 Å². The molecule has 196 valence electrons. The summed E-state index contributed by atoms with van der Waals surface area (Å²) in [6.45, 7) is 5.12. The Hall–Kier alpha value is -3.57. The Kier molecular flexibility index (Phi) is 7.57. The van der Waals surface area contributed by atoms with Gasteiger partial charge >= 0.3 is 5.97 Å². The normalized spacial score (nSPS) is 13.8. The summed E-state index contributed by atoms with van der Waals surface area (Å²) in [7, 11) is 2.08. The van der Waals surface area contributed by atoms with E-state index in [4.69, 9.17) is 20.9 Å². The van der Waals surface area contributed by atoms with E-state index >= 15 is 0 Å². The van der Waals surface area contributed by atoms with Gasteiger partial charge in [-0.25, -0.2) is 0 Å². The number of nitrogens with zero attached hydrogens (tertiary/aromatic N) is 2. The smallest absolute Gasteiger partial charge is 0.316 e. The molecule has 1 fully saturated rings. The minimum absolute atomic E-state index is 0.107. The molecule has 1 saturated carbocycles. The zero-order chi connectivity index (χ0) is 26.7. The molecule has 0 spiro atoms. The van der Waals surface area contributed by atoms with Crippen LogP contribution in [0.1, 0.15) is 43.0 Å². The van der Waals surface area contributed by atoms with Crippen LogP contribution >= 0.6 is 11.6 Å². The molecule has 5 nitrogen and oxygen atoms in total. The predicted octanol–water partition coefficient (Wildman–Crippen LogP) is 7.63. The van der Waals surface area contributed by atoms with E-state index in [2.05, 4.69) is 71.7 Å². The minimum atomic E-state index is -0.445. The lowest BCUT2D eigenvalue weighted by molar-refractivity contribution is -0.146. The first kappa shape index (κ1) is 26.1. The number of esters is 1. The Morgan fingerprint density at radius 3 is 2.32 bits per heavy atom. The van der Waals surface area contributed by atoms with Crippen LogP contribution in [-0.4, -0.2) is 31.3 Å². The summed E-state index contributed by atoms with van der Waals surface area (Å²) in [5.74, 6) is 0.671. The summed E-state index contributed by atoms with van der Waals surface area (Å²) in [6.07, 6.45) is 3.66. The largest absolute Gasteiger partial charge is 0.465 e. The third kappa shape index (κ3) is 5.34. The minimum Gasteiger partial charge on any atom is -0.465 e. The first-order valence-electron chi connectivity index (χ1n) is 13.2. The summed E-state index contributed by atoms with van der Waals surface area (Å²) in [5, 5.41) is 5.04. The fourth-order valence-electron chi connectivity index (χ4n) is 5.13. The number of carbonyl (C=O) groups excluding carboxylic acids is 1. The second kappa shape index (κ2) is 11.0. The van der Waals surface area contributed by atoms with E-state index in [1.165, 1.54) is 5.56 Å². The van der Waals surface area contributed by atoms with E-state index < -0.39 is 5.41 Å². The lowest BCUT2D eigenvalue weighted by Gasteiger charge is -2.19. The molecule has 0 radical (unpaired) electrons. The van der Waals surface area contributed by atoms with Crippen LogP contribution in [0.15, 0.2) is 77.3 Å². The molecule has 1 aliphatic carbocycles. The third-order valence-corrected chi connectivity index (χ3v) is 7.63. The standard InChI is InChI=1S/C32H33ClN2O3/c1-4-37-31(36)32(18-19-32)27-16-14-25(15-17-27)24-10-12-26(13-11-24)30-29(22(2)34-38-30)35(3)20-6-8-23-7-5-9-28(33)21-23/h5,7,9-17,21H,4,6,8,18-20H2,1-3H3. The number of ether oxygens (including phenoxy) is 1. The molecule has 1 aliphatic rings. The van der Waals surface area contributed by atoms with Gasteiger partial charge in [0.1, 0.15) is 11.4 Å². The van der Waals surface area contributed by atoms with Gasteiger partial charge < -0.3 is 14.2 Å². The maximum absolute atomic E-state index is 12.4. The van der Waals surface area contributed by atoms with Crippen LogP contribution in [0.5, 0.6) is 0 Å². The third-order valence-electron chi connectivity index (χ3n) is 7.40. The molecule has 3 aromatic carbocycles.